The molecule has 9 nitrogen and oxygen atoms in total. The fourth-order valence-electron chi connectivity index (χ4n) is 1.79. The number of rotatable bonds is 7. The molecule has 1 saturated heterocycles. The highest BCUT2D eigenvalue weighted by atomic mass is 31.2. The molecule has 1 rings (SSSR count). The molecular weight excluding hydrogens is 295 g/mol. The molecule has 1 aliphatic rings. The minimum atomic E-state index is -3.92. The zero-order chi connectivity index (χ0) is 15.3. The zero-order valence-corrected chi connectivity index (χ0v) is 12.2. The average Bonchev–Trinajstić information content (AvgIpc) is 2.36. The Morgan fingerprint density at radius 1 is 1.25 bits per heavy atom. The summed E-state index contributed by atoms with van der Waals surface area (Å²) in [6.45, 7) is 0.731. The van der Waals surface area contributed by atoms with Gasteiger partial charge in [-0.15, -0.1) is 0 Å². The predicted molar refractivity (Wildman–Crippen MR) is 66.2 cm³/mol. The fourth-order valence-corrected chi connectivity index (χ4v) is 2.51. The van der Waals surface area contributed by atoms with Crippen LogP contribution in [-0.2, 0) is 23.3 Å². The van der Waals surface area contributed by atoms with Gasteiger partial charge in [-0.05, 0) is 0 Å². The highest BCUT2D eigenvalue weighted by molar-refractivity contribution is 7.51. The number of aliphatic hydroxyl groups excluding tert-OH is 3. The maximum absolute atomic E-state index is 11.2. The van der Waals surface area contributed by atoms with E-state index in [0.29, 0.717) is 0 Å². The number of aliphatic hydroxyl groups is 3. The van der Waals surface area contributed by atoms with Crippen molar-refractivity contribution in [1.82, 2.24) is 0 Å². The highest BCUT2D eigenvalue weighted by Gasteiger charge is 2.47. The molecule has 0 radical (unpaired) electrons. The number of methoxy groups -OCH3 is 1. The molecule has 0 saturated carbocycles. The summed E-state index contributed by atoms with van der Waals surface area (Å²) in [6.07, 6.45) is -6.63. The van der Waals surface area contributed by atoms with Gasteiger partial charge in [0.1, 0.15) is 24.4 Å². The van der Waals surface area contributed by atoms with E-state index < -0.39 is 44.9 Å². The van der Waals surface area contributed by atoms with Gasteiger partial charge < -0.3 is 34.4 Å². The van der Waals surface area contributed by atoms with Crippen LogP contribution in [0, 0.1) is 0 Å². The van der Waals surface area contributed by atoms with E-state index in [1.807, 2.05) is 0 Å². The van der Waals surface area contributed by atoms with E-state index >= 15 is 0 Å². The summed E-state index contributed by atoms with van der Waals surface area (Å²) in [6, 6.07) is 0. The highest BCUT2D eigenvalue weighted by Crippen LogP contribution is 2.41. The average molecular weight is 316 g/mol. The number of hydrogen-bond acceptors (Lipinski definition) is 8. The van der Waals surface area contributed by atoms with Gasteiger partial charge in [0.05, 0.1) is 19.8 Å². The maximum atomic E-state index is 11.2. The summed E-state index contributed by atoms with van der Waals surface area (Å²) < 4.78 is 31.2. The molecule has 1 heterocycles. The molecule has 4 N–H and O–H groups in total. The molecule has 1 aliphatic heterocycles. The van der Waals surface area contributed by atoms with Crippen LogP contribution >= 0.6 is 7.60 Å². The summed E-state index contributed by atoms with van der Waals surface area (Å²) in [7, 11) is -2.45. The van der Waals surface area contributed by atoms with E-state index in [4.69, 9.17) is 18.7 Å². The van der Waals surface area contributed by atoms with Crippen molar-refractivity contribution in [2.75, 3.05) is 33.6 Å². The lowest BCUT2D eigenvalue weighted by Gasteiger charge is -2.41. The van der Waals surface area contributed by atoms with Crippen molar-refractivity contribution in [3.05, 3.63) is 0 Å². The van der Waals surface area contributed by atoms with E-state index in [2.05, 4.69) is 0 Å². The van der Waals surface area contributed by atoms with Crippen molar-refractivity contribution in [2.24, 2.45) is 0 Å². The smallest absolute Gasteiger partial charge is 0.325 e. The molecule has 1 fully saturated rings. The van der Waals surface area contributed by atoms with Gasteiger partial charge in [0, 0.05) is 13.8 Å². The van der Waals surface area contributed by atoms with E-state index in [1.165, 1.54) is 7.11 Å². The van der Waals surface area contributed by atoms with Crippen molar-refractivity contribution in [1.29, 1.82) is 0 Å². The van der Waals surface area contributed by atoms with Crippen LogP contribution in [0.5, 0.6) is 0 Å². The Bertz CT molecular complexity index is 331. The molecule has 0 bridgehead atoms. The van der Waals surface area contributed by atoms with Crippen LogP contribution in [0.4, 0.5) is 0 Å². The van der Waals surface area contributed by atoms with Crippen molar-refractivity contribution in [3.8, 4) is 0 Å². The normalized spacial score (nSPS) is 37.6. The molecule has 0 aliphatic carbocycles. The van der Waals surface area contributed by atoms with Crippen LogP contribution in [0.3, 0.4) is 0 Å². The summed E-state index contributed by atoms with van der Waals surface area (Å²) >= 11 is 0. The second-order valence-electron chi connectivity index (χ2n) is 4.44. The molecule has 20 heavy (non-hydrogen) atoms. The fraction of sp³-hybridized carbons (Fsp3) is 1.00. The second-order valence-corrected chi connectivity index (χ2v) is 6.26. The summed E-state index contributed by atoms with van der Waals surface area (Å²) in [5.41, 5.74) is 0. The SMILES string of the molecule is COCCOC1OC(CO)C(OP(C)(=O)O)C(O)C1O. The minimum absolute atomic E-state index is 0.112. The van der Waals surface area contributed by atoms with Crippen molar-refractivity contribution >= 4 is 7.60 Å². The van der Waals surface area contributed by atoms with Crippen LogP contribution in [0.25, 0.3) is 0 Å². The van der Waals surface area contributed by atoms with E-state index in [0.717, 1.165) is 6.66 Å². The van der Waals surface area contributed by atoms with Crippen molar-refractivity contribution < 1.29 is 43.5 Å². The van der Waals surface area contributed by atoms with Gasteiger partial charge in [-0.1, -0.05) is 0 Å². The third-order valence-electron chi connectivity index (χ3n) is 2.71. The van der Waals surface area contributed by atoms with Crippen LogP contribution in [0.1, 0.15) is 0 Å². The third-order valence-corrected chi connectivity index (χ3v) is 3.34. The lowest BCUT2D eigenvalue weighted by molar-refractivity contribution is -0.298. The molecule has 120 valence electrons. The van der Waals surface area contributed by atoms with E-state index in [-0.39, 0.29) is 13.2 Å². The summed E-state index contributed by atoms with van der Waals surface area (Å²) in [4.78, 5) is 9.18. The molecule has 0 aromatic heterocycles. The quantitative estimate of drug-likeness (QED) is 0.320. The monoisotopic (exact) mass is 316 g/mol. The molecule has 0 aromatic carbocycles. The molecule has 10 heteroatoms. The van der Waals surface area contributed by atoms with Gasteiger partial charge in [0.2, 0.25) is 0 Å². The molecule has 0 aromatic rings. The van der Waals surface area contributed by atoms with E-state index in [9.17, 15) is 24.8 Å². The second kappa shape index (κ2) is 7.79. The Hall–Kier alpha value is -0.0900. The predicted octanol–water partition coefficient (Wildman–Crippen LogP) is -1.71. The third kappa shape index (κ3) is 5.03. The largest absolute Gasteiger partial charge is 0.394 e. The van der Waals surface area contributed by atoms with Crippen LogP contribution in [0.2, 0.25) is 0 Å². The zero-order valence-electron chi connectivity index (χ0n) is 11.3. The van der Waals surface area contributed by atoms with Crippen molar-refractivity contribution in [2.45, 2.75) is 30.7 Å². The van der Waals surface area contributed by atoms with Crippen molar-refractivity contribution in [3.63, 3.8) is 0 Å². The standard InChI is InChI=1S/C10H21O9P/c1-16-3-4-17-10-8(13)7(12)9(6(5-11)18-10)19-20(2,14)15/h6-13H,3-5H2,1-2H3,(H,14,15). The van der Waals surface area contributed by atoms with Gasteiger partial charge in [-0.3, -0.25) is 9.09 Å². The minimum Gasteiger partial charge on any atom is -0.394 e. The van der Waals surface area contributed by atoms with Gasteiger partial charge in [-0.2, -0.15) is 0 Å². The number of ether oxygens (including phenoxy) is 3. The van der Waals surface area contributed by atoms with Gasteiger partial charge in [0.15, 0.2) is 6.29 Å². The molecular formula is C10H21O9P. The topological polar surface area (TPSA) is 135 Å². The van der Waals surface area contributed by atoms with Gasteiger partial charge >= 0.3 is 7.60 Å². The van der Waals surface area contributed by atoms with Gasteiger partial charge in [-0.25, -0.2) is 0 Å². The first kappa shape index (κ1) is 18.0. The summed E-state index contributed by atoms with van der Waals surface area (Å²) in [5, 5.41) is 29.0. The lowest BCUT2D eigenvalue weighted by Crippen LogP contribution is -2.59. The Labute approximate surface area is 116 Å². The van der Waals surface area contributed by atoms with Gasteiger partial charge in [0.25, 0.3) is 0 Å². The molecule has 0 spiro atoms. The Balaban J connectivity index is 2.71. The van der Waals surface area contributed by atoms with E-state index in [1.54, 1.807) is 0 Å². The first-order chi connectivity index (χ1) is 9.30. The first-order valence-corrected chi connectivity index (χ1v) is 8.04. The Morgan fingerprint density at radius 2 is 1.90 bits per heavy atom. The maximum Gasteiger partial charge on any atom is 0.325 e. The first-order valence-electron chi connectivity index (χ1n) is 6.01. The Kier molecular flexibility index (Phi) is 6.99. The molecule has 6 atom stereocenters. The summed E-state index contributed by atoms with van der Waals surface area (Å²) in [5.74, 6) is 0. The van der Waals surface area contributed by atoms with Crippen LogP contribution < -0.4 is 0 Å². The molecule has 6 unspecified atom stereocenters. The Morgan fingerprint density at radius 3 is 2.40 bits per heavy atom. The molecule has 0 amide bonds. The van der Waals surface area contributed by atoms with Crippen LogP contribution in [0.15, 0.2) is 0 Å². The lowest BCUT2D eigenvalue weighted by atomic mass is 9.99. The number of hydrogen-bond donors (Lipinski definition) is 4. The van der Waals surface area contributed by atoms with Crippen LogP contribution in [-0.4, -0.2) is 84.5 Å².